The van der Waals surface area contributed by atoms with E-state index in [9.17, 15) is 4.79 Å². The van der Waals surface area contributed by atoms with E-state index in [4.69, 9.17) is 11.6 Å². The SMILES string of the molecule is O=C(NC1CCCc2ccccc21)c1cnccc1Cl. The van der Waals surface area contributed by atoms with Gasteiger partial charge in [-0.1, -0.05) is 35.9 Å². The van der Waals surface area contributed by atoms with E-state index in [2.05, 4.69) is 22.4 Å². The molecule has 1 aliphatic rings. The van der Waals surface area contributed by atoms with Gasteiger partial charge < -0.3 is 5.32 Å². The molecule has 20 heavy (non-hydrogen) atoms. The summed E-state index contributed by atoms with van der Waals surface area (Å²) in [5.41, 5.74) is 2.96. The van der Waals surface area contributed by atoms with Gasteiger partial charge in [-0.25, -0.2) is 0 Å². The van der Waals surface area contributed by atoms with Crippen LogP contribution in [0.5, 0.6) is 0 Å². The van der Waals surface area contributed by atoms with E-state index in [1.54, 1.807) is 12.3 Å². The monoisotopic (exact) mass is 286 g/mol. The summed E-state index contributed by atoms with van der Waals surface area (Å²) < 4.78 is 0. The van der Waals surface area contributed by atoms with Gasteiger partial charge in [0.2, 0.25) is 0 Å². The molecule has 2 aromatic rings. The molecule has 1 unspecified atom stereocenters. The molecule has 0 saturated carbocycles. The zero-order valence-electron chi connectivity index (χ0n) is 11.0. The molecule has 4 heteroatoms. The van der Waals surface area contributed by atoms with Gasteiger partial charge in [0.05, 0.1) is 16.6 Å². The zero-order chi connectivity index (χ0) is 13.9. The normalized spacial score (nSPS) is 17.4. The third-order valence-electron chi connectivity index (χ3n) is 3.69. The van der Waals surface area contributed by atoms with Gasteiger partial charge >= 0.3 is 0 Å². The van der Waals surface area contributed by atoms with Crippen molar-refractivity contribution in [1.82, 2.24) is 10.3 Å². The lowest BCUT2D eigenvalue weighted by Gasteiger charge is -2.26. The van der Waals surface area contributed by atoms with Crippen LogP contribution in [-0.4, -0.2) is 10.9 Å². The van der Waals surface area contributed by atoms with E-state index >= 15 is 0 Å². The van der Waals surface area contributed by atoms with Crippen LogP contribution >= 0.6 is 11.6 Å². The van der Waals surface area contributed by atoms with Gasteiger partial charge in [0, 0.05) is 12.4 Å². The predicted molar refractivity (Wildman–Crippen MR) is 78.8 cm³/mol. The number of hydrogen-bond donors (Lipinski definition) is 1. The second-order valence-electron chi connectivity index (χ2n) is 4.97. The van der Waals surface area contributed by atoms with Crippen LogP contribution < -0.4 is 5.32 Å². The van der Waals surface area contributed by atoms with Crippen LogP contribution in [0.3, 0.4) is 0 Å². The number of aryl methyl sites for hydroxylation is 1. The van der Waals surface area contributed by atoms with Gasteiger partial charge in [-0.05, 0) is 36.5 Å². The van der Waals surface area contributed by atoms with Crippen LogP contribution in [-0.2, 0) is 6.42 Å². The number of carbonyl (C=O) groups is 1. The number of hydrogen-bond acceptors (Lipinski definition) is 2. The van der Waals surface area contributed by atoms with Crippen molar-refractivity contribution in [2.45, 2.75) is 25.3 Å². The van der Waals surface area contributed by atoms with Crippen LogP contribution in [0.1, 0.15) is 40.4 Å². The first-order valence-electron chi connectivity index (χ1n) is 6.74. The number of aromatic nitrogens is 1. The first-order chi connectivity index (χ1) is 9.75. The quantitative estimate of drug-likeness (QED) is 0.917. The van der Waals surface area contributed by atoms with E-state index in [1.165, 1.54) is 17.3 Å². The average Bonchev–Trinajstić information content (AvgIpc) is 2.48. The van der Waals surface area contributed by atoms with Crippen molar-refractivity contribution in [2.24, 2.45) is 0 Å². The van der Waals surface area contributed by atoms with Crippen molar-refractivity contribution >= 4 is 17.5 Å². The van der Waals surface area contributed by atoms with Gasteiger partial charge in [-0.2, -0.15) is 0 Å². The maximum Gasteiger partial charge on any atom is 0.254 e. The van der Waals surface area contributed by atoms with Gasteiger partial charge in [-0.3, -0.25) is 9.78 Å². The molecule has 3 nitrogen and oxygen atoms in total. The Morgan fingerprint density at radius 3 is 3.00 bits per heavy atom. The van der Waals surface area contributed by atoms with Gasteiger partial charge in [0.25, 0.3) is 5.91 Å². The Bertz CT molecular complexity index is 642. The van der Waals surface area contributed by atoms with Crippen molar-refractivity contribution in [3.63, 3.8) is 0 Å². The molecule has 1 aliphatic carbocycles. The number of carbonyl (C=O) groups excluding carboxylic acids is 1. The number of rotatable bonds is 2. The van der Waals surface area contributed by atoms with Crippen molar-refractivity contribution in [3.05, 3.63) is 64.4 Å². The first-order valence-corrected chi connectivity index (χ1v) is 7.11. The molecular formula is C16H15ClN2O. The highest BCUT2D eigenvalue weighted by Gasteiger charge is 2.22. The number of amides is 1. The largest absolute Gasteiger partial charge is 0.345 e. The third kappa shape index (κ3) is 2.54. The molecule has 1 heterocycles. The molecule has 0 fully saturated rings. The molecule has 0 saturated heterocycles. The Balaban J connectivity index is 1.83. The van der Waals surface area contributed by atoms with Crippen LogP contribution in [0.4, 0.5) is 0 Å². The molecule has 1 aromatic heterocycles. The Morgan fingerprint density at radius 1 is 1.30 bits per heavy atom. The smallest absolute Gasteiger partial charge is 0.254 e. The standard InChI is InChI=1S/C16H15ClN2O/c17-14-8-9-18-10-13(14)16(20)19-15-7-3-5-11-4-1-2-6-12(11)15/h1-2,4,6,8-10,15H,3,5,7H2,(H,19,20). The Morgan fingerprint density at radius 2 is 2.15 bits per heavy atom. The second kappa shape index (κ2) is 5.63. The number of nitrogens with zero attached hydrogens (tertiary/aromatic N) is 1. The number of pyridine rings is 1. The van der Waals surface area contributed by atoms with E-state index < -0.39 is 0 Å². The molecule has 0 bridgehead atoms. The summed E-state index contributed by atoms with van der Waals surface area (Å²) in [5, 5.41) is 3.50. The molecule has 3 rings (SSSR count). The highest BCUT2D eigenvalue weighted by molar-refractivity contribution is 6.33. The minimum atomic E-state index is -0.162. The predicted octanol–water partition coefficient (Wildman–Crippen LogP) is 3.54. The van der Waals surface area contributed by atoms with Crippen LogP contribution in [0.2, 0.25) is 5.02 Å². The van der Waals surface area contributed by atoms with Gasteiger partial charge in [-0.15, -0.1) is 0 Å². The minimum absolute atomic E-state index is 0.0590. The molecule has 0 aliphatic heterocycles. The van der Waals surface area contributed by atoms with Crippen LogP contribution in [0.25, 0.3) is 0 Å². The number of nitrogens with one attached hydrogen (secondary N) is 1. The Kier molecular flexibility index (Phi) is 3.70. The van der Waals surface area contributed by atoms with Crippen molar-refractivity contribution in [1.29, 1.82) is 0 Å². The first kappa shape index (κ1) is 13.1. The molecular weight excluding hydrogens is 272 g/mol. The molecule has 1 N–H and O–H groups in total. The van der Waals surface area contributed by atoms with Crippen LogP contribution in [0.15, 0.2) is 42.7 Å². The van der Waals surface area contributed by atoms with Gasteiger partial charge in [0.1, 0.15) is 0 Å². The minimum Gasteiger partial charge on any atom is -0.345 e. The maximum absolute atomic E-state index is 12.3. The highest BCUT2D eigenvalue weighted by atomic mass is 35.5. The van der Waals surface area contributed by atoms with E-state index in [-0.39, 0.29) is 11.9 Å². The number of fused-ring (bicyclic) bond motifs is 1. The molecule has 0 spiro atoms. The summed E-state index contributed by atoms with van der Waals surface area (Å²) in [6.45, 7) is 0. The van der Waals surface area contributed by atoms with Crippen molar-refractivity contribution < 1.29 is 4.79 Å². The lowest BCUT2D eigenvalue weighted by Crippen LogP contribution is -2.31. The fraction of sp³-hybridized carbons (Fsp3) is 0.250. The summed E-state index contributed by atoms with van der Waals surface area (Å²) in [6.07, 6.45) is 6.21. The second-order valence-corrected chi connectivity index (χ2v) is 5.38. The Hall–Kier alpha value is -1.87. The topological polar surface area (TPSA) is 42.0 Å². The molecule has 1 atom stereocenters. The van der Waals surface area contributed by atoms with E-state index in [0.717, 1.165) is 19.3 Å². The van der Waals surface area contributed by atoms with E-state index in [1.807, 2.05) is 12.1 Å². The van der Waals surface area contributed by atoms with Crippen molar-refractivity contribution in [3.8, 4) is 0 Å². The summed E-state index contributed by atoms with van der Waals surface area (Å²) >= 11 is 6.04. The Labute approximate surface area is 123 Å². The average molecular weight is 287 g/mol. The third-order valence-corrected chi connectivity index (χ3v) is 4.02. The molecule has 102 valence electrons. The highest BCUT2D eigenvalue weighted by Crippen LogP contribution is 2.29. The van der Waals surface area contributed by atoms with E-state index in [0.29, 0.717) is 10.6 Å². The fourth-order valence-corrected chi connectivity index (χ4v) is 2.88. The molecule has 0 radical (unpaired) electrons. The molecule has 1 amide bonds. The van der Waals surface area contributed by atoms with Gasteiger partial charge in [0.15, 0.2) is 0 Å². The summed E-state index contributed by atoms with van der Waals surface area (Å²) in [7, 11) is 0. The zero-order valence-corrected chi connectivity index (χ0v) is 11.7. The molecule has 1 aromatic carbocycles. The maximum atomic E-state index is 12.3. The lowest BCUT2D eigenvalue weighted by molar-refractivity contribution is 0.0932. The summed E-state index contributed by atoms with van der Waals surface area (Å²) in [5.74, 6) is -0.162. The van der Waals surface area contributed by atoms with Crippen LogP contribution in [0, 0.1) is 0 Å². The number of halogens is 1. The van der Waals surface area contributed by atoms with Crippen molar-refractivity contribution in [2.75, 3.05) is 0 Å². The number of benzene rings is 1. The summed E-state index contributed by atoms with van der Waals surface area (Å²) in [4.78, 5) is 16.3. The summed E-state index contributed by atoms with van der Waals surface area (Å²) in [6, 6.07) is 9.96. The fourth-order valence-electron chi connectivity index (χ4n) is 2.68. The lowest BCUT2D eigenvalue weighted by atomic mass is 9.87.